The summed E-state index contributed by atoms with van der Waals surface area (Å²) in [6, 6.07) is 14.5. The van der Waals surface area contributed by atoms with Gasteiger partial charge in [0, 0.05) is 44.0 Å². The maximum Gasteiger partial charge on any atom is 0.243 e. The molecule has 0 unspecified atom stereocenters. The van der Waals surface area contributed by atoms with Crippen molar-refractivity contribution in [3.63, 3.8) is 0 Å². The first-order valence-corrected chi connectivity index (χ1v) is 11.4. The number of carbonyl (C=O) groups excluding carboxylic acids is 2. The second-order valence-electron chi connectivity index (χ2n) is 7.80. The van der Waals surface area contributed by atoms with Crippen molar-refractivity contribution in [3.05, 3.63) is 60.3 Å². The Morgan fingerprint density at radius 1 is 1.12 bits per heavy atom. The van der Waals surface area contributed by atoms with E-state index in [1.165, 1.54) is 0 Å². The fraction of sp³-hybridized carbons (Fsp3) is 0.360. The molecular weight excluding hydrogens is 432 g/mol. The normalized spacial score (nSPS) is 11.6. The van der Waals surface area contributed by atoms with Crippen molar-refractivity contribution in [2.45, 2.75) is 26.3 Å². The first kappa shape index (κ1) is 24.9. The van der Waals surface area contributed by atoms with Crippen LogP contribution >= 0.6 is 0 Å². The number of nitrogens with zero attached hydrogens (tertiary/aromatic N) is 4. The lowest BCUT2D eigenvalue weighted by molar-refractivity contribution is -0.130. The third kappa shape index (κ3) is 6.41. The van der Waals surface area contributed by atoms with E-state index >= 15 is 0 Å². The van der Waals surface area contributed by atoms with Gasteiger partial charge < -0.3 is 15.0 Å². The molecule has 2 amide bonds. The van der Waals surface area contributed by atoms with Crippen LogP contribution in [0.2, 0.25) is 0 Å². The number of aryl methyl sites for hydroxylation is 1. The second-order valence-corrected chi connectivity index (χ2v) is 7.80. The van der Waals surface area contributed by atoms with E-state index in [-0.39, 0.29) is 18.4 Å². The molecule has 0 saturated carbocycles. The summed E-state index contributed by atoms with van der Waals surface area (Å²) in [5.41, 5.74) is 2.51. The van der Waals surface area contributed by atoms with Crippen molar-refractivity contribution in [2.24, 2.45) is 7.05 Å². The molecule has 2 aromatic heterocycles. The summed E-state index contributed by atoms with van der Waals surface area (Å²) in [5, 5.41) is 10.6. The van der Waals surface area contributed by atoms with Gasteiger partial charge >= 0.3 is 0 Å². The Morgan fingerprint density at radius 3 is 2.53 bits per heavy atom. The van der Waals surface area contributed by atoms with Crippen LogP contribution in [0.4, 0.5) is 5.82 Å². The molecule has 0 aliphatic rings. The van der Waals surface area contributed by atoms with Gasteiger partial charge in [0.2, 0.25) is 17.7 Å². The highest BCUT2D eigenvalue weighted by Gasteiger charge is 2.22. The summed E-state index contributed by atoms with van der Waals surface area (Å²) < 4.78 is 6.80. The zero-order chi connectivity index (χ0) is 24.5. The lowest BCUT2D eigenvalue weighted by atomic mass is 10.1. The van der Waals surface area contributed by atoms with E-state index in [0.29, 0.717) is 36.9 Å². The number of pyridine rings is 1. The highest BCUT2D eigenvalue weighted by molar-refractivity contribution is 5.95. The summed E-state index contributed by atoms with van der Waals surface area (Å²) in [7, 11) is 3.32. The highest BCUT2D eigenvalue weighted by atomic mass is 16.5. The van der Waals surface area contributed by atoms with E-state index in [0.717, 1.165) is 11.1 Å². The molecule has 0 aliphatic heterocycles. The SMILES string of the molecule is CCN(CC)C(=O)CN[C@@H](Cc1ccccc1)C(=O)Nc1cc(-c2ccnc(OC)c2)nn1C. The topological polar surface area (TPSA) is 101 Å². The van der Waals surface area contributed by atoms with Crippen molar-refractivity contribution >= 4 is 17.6 Å². The Labute approximate surface area is 200 Å². The van der Waals surface area contributed by atoms with Crippen molar-refractivity contribution in [2.75, 3.05) is 32.1 Å². The summed E-state index contributed by atoms with van der Waals surface area (Å²) in [6.45, 7) is 5.22. The number of aromatic nitrogens is 3. The monoisotopic (exact) mass is 464 g/mol. The molecular formula is C25H32N6O3. The van der Waals surface area contributed by atoms with Crippen LogP contribution in [0.1, 0.15) is 19.4 Å². The number of amides is 2. The molecule has 0 bridgehead atoms. The maximum atomic E-state index is 13.3. The third-order valence-electron chi connectivity index (χ3n) is 5.59. The first-order chi connectivity index (χ1) is 16.4. The molecule has 180 valence electrons. The summed E-state index contributed by atoms with van der Waals surface area (Å²) in [6.07, 6.45) is 2.10. The lowest BCUT2D eigenvalue weighted by Crippen LogP contribution is -2.47. The van der Waals surface area contributed by atoms with Crippen LogP contribution in [0, 0.1) is 0 Å². The zero-order valence-electron chi connectivity index (χ0n) is 20.1. The van der Waals surface area contributed by atoms with Crippen LogP contribution in [0.15, 0.2) is 54.7 Å². The number of carbonyl (C=O) groups is 2. The summed E-state index contributed by atoms with van der Waals surface area (Å²) in [4.78, 5) is 31.6. The molecule has 0 saturated heterocycles. The number of hydrogen-bond acceptors (Lipinski definition) is 6. The van der Waals surface area contributed by atoms with E-state index < -0.39 is 6.04 Å². The number of benzene rings is 1. The zero-order valence-corrected chi connectivity index (χ0v) is 20.1. The van der Waals surface area contributed by atoms with E-state index in [1.54, 1.807) is 42.1 Å². The standard InChI is InChI=1S/C25H32N6O3/c1-5-31(6-2)24(32)17-27-21(14-18-10-8-7-9-11-18)25(33)28-22-16-20(29-30(22)3)19-12-13-26-23(15-19)34-4/h7-13,15-16,21,27H,5-6,14,17H2,1-4H3,(H,28,33)/t21-/m0/s1. The van der Waals surface area contributed by atoms with Gasteiger partial charge in [-0.3, -0.25) is 19.6 Å². The molecule has 0 spiro atoms. The molecule has 0 fully saturated rings. The van der Waals surface area contributed by atoms with Crippen molar-refractivity contribution < 1.29 is 14.3 Å². The molecule has 1 atom stereocenters. The van der Waals surface area contributed by atoms with Gasteiger partial charge in [0.05, 0.1) is 25.4 Å². The Balaban J connectivity index is 1.76. The summed E-state index contributed by atoms with van der Waals surface area (Å²) in [5.74, 6) is 0.757. The average Bonchev–Trinajstić information content (AvgIpc) is 3.23. The minimum atomic E-state index is -0.596. The minimum Gasteiger partial charge on any atom is -0.481 e. The fourth-order valence-corrected chi connectivity index (χ4v) is 3.63. The van der Waals surface area contributed by atoms with Crippen LogP contribution in [-0.2, 0) is 23.1 Å². The number of methoxy groups -OCH3 is 1. The van der Waals surface area contributed by atoms with Crippen LogP contribution in [0.25, 0.3) is 11.3 Å². The van der Waals surface area contributed by atoms with Crippen molar-refractivity contribution in [1.29, 1.82) is 0 Å². The molecule has 9 heteroatoms. The van der Waals surface area contributed by atoms with Crippen molar-refractivity contribution in [3.8, 4) is 17.1 Å². The van der Waals surface area contributed by atoms with E-state index in [4.69, 9.17) is 4.74 Å². The van der Waals surface area contributed by atoms with Crippen LogP contribution in [-0.4, -0.2) is 64.3 Å². The largest absolute Gasteiger partial charge is 0.481 e. The van der Waals surface area contributed by atoms with Gasteiger partial charge in [-0.15, -0.1) is 0 Å². The minimum absolute atomic E-state index is 0.0367. The summed E-state index contributed by atoms with van der Waals surface area (Å²) >= 11 is 0. The number of likely N-dealkylation sites (N-methyl/N-ethyl adjacent to an activating group) is 1. The predicted molar refractivity (Wildman–Crippen MR) is 131 cm³/mol. The van der Waals surface area contributed by atoms with Crippen LogP contribution in [0.5, 0.6) is 5.88 Å². The predicted octanol–water partition coefficient (Wildman–Crippen LogP) is 2.50. The Kier molecular flexibility index (Phi) is 8.75. The van der Waals surface area contributed by atoms with Crippen LogP contribution in [0.3, 0.4) is 0 Å². The van der Waals surface area contributed by atoms with Gasteiger partial charge in [-0.05, 0) is 31.9 Å². The first-order valence-electron chi connectivity index (χ1n) is 11.4. The number of rotatable bonds is 11. The van der Waals surface area contributed by atoms with Crippen molar-refractivity contribution in [1.82, 2.24) is 25.0 Å². The molecule has 34 heavy (non-hydrogen) atoms. The number of nitrogens with one attached hydrogen (secondary N) is 2. The van der Waals surface area contributed by atoms with Gasteiger partial charge in [0.1, 0.15) is 5.82 Å². The quantitative estimate of drug-likeness (QED) is 0.452. The number of ether oxygens (including phenoxy) is 1. The molecule has 2 heterocycles. The maximum absolute atomic E-state index is 13.3. The van der Waals surface area contributed by atoms with Gasteiger partial charge in [0.15, 0.2) is 0 Å². The molecule has 9 nitrogen and oxygen atoms in total. The fourth-order valence-electron chi connectivity index (χ4n) is 3.63. The number of anilines is 1. The molecule has 3 rings (SSSR count). The molecule has 0 aliphatic carbocycles. The third-order valence-corrected chi connectivity index (χ3v) is 5.59. The molecule has 1 aromatic carbocycles. The van der Waals surface area contributed by atoms with Gasteiger partial charge in [-0.2, -0.15) is 5.10 Å². The Morgan fingerprint density at radius 2 is 1.85 bits per heavy atom. The van der Waals surface area contributed by atoms with E-state index in [2.05, 4.69) is 20.7 Å². The second kappa shape index (κ2) is 11.9. The van der Waals surface area contributed by atoms with Gasteiger partial charge in [0.25, 0.3) is 0 Å². The highest BCUT2D eigenvalue weighted by Crippen LogP contribution is 2.23. The smallest absolute Gasteiger partial charge is 0.243 e. The van der Waals surface area contributed by atoms with Crippen LogP contribution < -0.4 is 15.4 Å². The molecule has 3 aromatic rings. The van der Waals surface area contributed by atoms with Gasteiger partial charge in [-0.1, -0.05) is 30.3 Å². The average molecular weight is 465 g/mol. The van der Waals surface area contributed by atoms with E-state index in [1.807, 2.05) is 50.2 Å². The Bertz CT molecular complexity index is 1100. The molecule has 2 N–H and O–H groups in total. The van der Waals surface area contributed by atoms with Gasteiger partial charge in [-0.25, -0.2) is 4.98 Å². The Hall–Kier alpha value is -3.72. The van der Waals surface area contributed by atoms with E-state index in [9.17, 15) is 9.59 Å². The lowest BCUT2D eigenvalue weighted by Gasteiger charge is -2.22. The number of hydrogen-bond donors (Lipinski definition) is 2. The molecule has 0 radical (unpaired) electrons.